The number of hydrogen-bond donors (Lipinski definition) is 0. The van der Waals surface area contributed by atoms with E-state index >= 15 is 0 Å². The number of esters is 1. The van der Waals surface area contributed by atoms with Crippen LogP contribution < -0.4 is 0 Å². The molecule has 142 valence electrons. The lowest BCUT2D eigenvalue weighted by Crippen LogP contribution is -2.66. The zero-order chi connectivity index (χ0) is 18.7. The lowest BCUT2D eigenvalue weighted by molar-refractivity contribution is -0.159. The van der Waals surface area contributed by atoms with Gasteiger partial charge in [-0.2, -0.15) is 0 Å². The molecule has 0 N–H and O–H groups in total. The van der Waals surface area contributed by atoms with Crippen molar-refractivity contribution in [3.63, 3.8) is 0 Å². The molecule has 0 saturated carbocycles. The third-order valence-corrected chi connectivity index (χ3v) is 4.68. The van der Waals surface area contributed by atoms with Crippen LogP contribution in [-0.4, -0.2) is 65.2 Å². The molecule has 0 aromatic heterocycles. The Balaban J connectivity index is 2.20. The molecular weight excluding hydrogens is 324 g/mol. The summed E-state index contributed by atoms with van der Waals surface area (Å²) >= 11 is 0. The monoisotopic (exact) mass is 354 g/mol. The number of carbonyl (C=O) groups is 3. The van der Waals surface area contributed by atoms with E-state index in [0.717, 1.165) is 19.3 Å². The molecule has 1 atom stereocenters. The highest BCUT2D eigenvalue weighted by molar-refractivity contribution is 5.93. The number of ether oxygens (including phenoxy) is 2. The standard InChI is InChI=1S/C18H30N2O5/c1-5-24-14(21)13-19-11-8-10-18(15(19)22)9-6-7-12-20(18)16(23)25-17(2,3)4/h5-13H2,1-4H3. The predicted octanol–water partition coefficient (Wildman–Crippen LogP) is 2.33. The Bertz CT molecular complexity index is 524. The van der Waals surface area contributed by atoms with Crippen LogP contribution in [0.1, 0.15) is 59.8 Å². The van der Waals surface area contributed by atoms with Crippen LogP contribution in [0.3, 0.4) is 0 Å². The van der Waals surface area contributed by atoms with Crippen molar-refractivity contribution >= 4 is 18.0 Å². The van der Waals surface area contributed by atoms with Gasteiger partial charge in [0.15, 0.2) is 0 Å². The lowest BCUT2D eigenvalue weighted by atomic mass is 9.79. The third kappa shape index (κ3) is 4.44. The maximum absolute atomic E-state index is 13.2. The quantitative estimate of drug-likeness (QED) is 0.727. The summed E-state index contributed by atoms with van der Waals surface area (Å²) in [5.74, 6) is -0.565. The number of nitrogens with zero attached hydrogens (tertiary/aromatic N) is 2. The number of carbonyl (C=O) groups excluding carboxylic acids is 3. The number of likely N-dealkylation sites (tertiary alicyclic amines) is 2. The zero-order valence-electron chi connectivity index (χ0n) is 15.8. The van der Waals surface area contributed by atoms with Crippen LogP contribution in [0.4, 0.5) is 4.79 Å². The van der Waals surface area contributed by atoms with Crippen LogP contribution in [0.25, 0.3) is 0 Å². The van der Waals surface area contributed by atoms with E-state index in [2.05, 4.69) is 0 Å². The molecule has 2 heterocycles. The van der Waals surface area contributed by atoms with Crippen molar-refractivity contribution in [1.82, 2.24) is 9.80 Å². The molecule has 25 heavy (non-hydrogen) atoms. The van der Waals surface area contributed by atoms with Crippen molar-refractivity contribution in [2.45, 2.75) is 70.9 Å². The van der Waals surface area contributed by atoms with Crippen LogP contribution >= 0.6 is 0 Å². The summed E-state index contributed by atoms with van der Waals surface area (Å²) < 4.78 is 10.5. The molecule has 2 saturated heterocycles. The van der Waals surface area contributed by atoms with Crippen molar-refractivity contribution in [3.05, 3.63) is 0 Å². The van der Waals surface area contributed by atoms with Crippen molar-refractivity contribution in [2.75, 3.05) is 26.2 Å². The van der Waals surface area contributed by atoms with Crippen LogP contribution in [0.15, 0.2) is 0 Å². The fraction of sp³-hybridized carbons (Fsp3) is 0.833. The number of hydrogen-bond acceptors (Lipinski definition) is 5. The van der Waals surface area contributed by atoms with E-state index in [9.17, 15) is 14.4 Å². The Morgan fingerprint density at radius 1 is 1.12 bits per heavy atom. The average molecular weight is 354 g/mol. The Morgan fingerprint density at radius 2 is 1.80 bits per heavy atom. The van der Waals surface area contributed by atoms with Gasteiger partial charge in [-0.1, -0.05) is 0 Å². The van der Waals surface area contributed by atoms with Gasteiger partial charge in [-0.25, -0.2) is 4.79 Å². The molecule has 0 bridgehead atoms. The van der Waals surface area contributed by atoms with Gasteiger partial charge in [0.2, 0.25) is 5.91 Å². The van der Waals surface area contributed by atoms with Gasteiger partial charge in [0.1, 0.15) is 17.7 Å². The summed E-state index contributed by atoms with van der Waals surface area (Å²) in [4.78, 5) is 40.8. The van der Waals surface area contributed by atoms with Crippen LogP contribution in [0, 0.1) is 0 Å². The number of piperidine rings is 2. The topological polar surface area (TPSA) is 76.2 Å². The molecule has 2 rings (SSSR count). The second kappa shape index (κ2) is 7.62. The van der Waals surface area contributed by atoms with E-state index in [1.807, 2.05) is 20.8 Å². The zero-order valence-corrected chi connectivity index (χ0v) is 15.8. The smallest absolute Gasteiger partial charge is 0.411 e. The van der Waals surface area contributed by atoms with E-state index < -0.39 is 23.2 Å². The molecule has 0 aliphatic carbocycles. The minimum absolute atomic E-state index is 0.0589. The maximum Gasteiger partial charge on any atom is 0.411 e. The van der Waals surface area contributed by atoms with Gasteiger partial charge in [-0.15, -0.1) is 0 Å². The molecule has 1 spiro atoms. The van der Waals surface area contributed by atoms with Gasteiger partial charge < -0.3 is 14.4 Å². The van der Waals surface area contributed by atoms with Gasteiger partial charge in [0.25, 0.3) is 0 Å². The summed E-state index contributed by atoms with van der Waals surface area (Å²) in [7, 11) is 0. The van der Waals surface area contributed by atoms with Gasteiger partial charge in [0.05, 0.1) is 6.61 Å². The largest absolute Gasteiger partial charge is 0.465 e. The first-order valence-electron chi connectivity index (χ1n) is 9.15. The minimum Gasteiger partial charge on any atom is -0.465 e. The summed E-state index contributed by atoms with van der Waals surface area (Å²) in [5, 5.41) is 0. The van der Waals surface area contributed by atoms with E-state index in [1.165, 1.54) is 4.90 Å². The fourth-order valence-corrected chi connectivity index (χ4v) is 3.68. The van der Waals surface area contributed by atoms with E-state index in [-0.39, 0.29) is 19.1 Å². The van der Waals surface area contributed by atoms with Crippen molar-refractivity contribution in [3.8, 4) is 0 Å². The molecule has 7 nitrogen and oxygen atoms in total. The molecular formula is C18H30N2O5. The summed E-state index contributed by atoms with van der Waals surface area (Å²) in [6.07, 6.45) is 3.28. The van der Waals surface area contributed by atoms with E-state index in [4.69, 9.17) is 9.47 Å². The van der Waals surface area contributed by atoms with E-state index in [1.54, 1.807) is 11.8 Å². The van der Waals surface area contributed by atoms with E-state index in [0.29, 0.717) is 25.9 Å². The van der Waals surface area contributed by atoms with Gasteiger partial charge in [-0.05, 0) is 59.8 Å². The average Bonchev–Trinajstić information content (AvgIpc) is 2.51. The highest BCUT2D eigenvalue weighted by Crippen LogP contribution is 2.38. The van der Waals surface area contributed by atoms with Crippen LogP contribution in [0.5, 0.6) is 0 Å². The molecule has 2 amide bonds. The predicted molar refractivity (Wildman–Crippen MR) is 92.0 cm³/mol. The summed E-state index contributed by atoms with van der Waals surface area (Å²) in [6.45, 7) is 8.44. The normalized spacial score (nSPS) is 24.4. The minimum atomic E-state index is -0.884. The first-order valence-corrected chi connectivity index (χ1v) is 9.15. The maximum atomic E-state index is 13.2. The number of amides is 2. The summed E-state index contributed by atoms with van der Waals surface area (Å²) in [6, 6.07) is 0. The molecule has 0 radical (unpaired) electrons. The Hall–Kier alpha value is -1.79. The second-order valence-corrected chi connectivity index (χ2v) is 7.76. The molecule has 0 aromatic rings. The SMILES string of the molecule is CCOC(=O)CN1CCCC2(CCCCN2C(=O)OC(C)(C)C)C1=O. The number of rotatable bonds is 3. The van der Waals surface area contributed by atoms with Crippen molar-refractivity contribution in [2.24, 2.45) is 0 Å². The molecule has 0 aromatic carbocycles. The second-order valence-electron chi connectivity index (χ2n) is 7.76. The van der Waals surface area contributed by atoms with Gasteiger partial charge in [-0.3, -0.25) is 14.5 Å². The molecule has 2 aliphatic heterocycles. The Kier molecular flexibility index (Phi) is 5.95. The lowest BCUT2D eigenvalue weighted by Gasteiger charge is -2.50. The van der Waals surface area contributed by atoms with Crippen molar-refractivity contribution < 1.29 is 23.9 Å². The third-order valence-electron chi connectivity index (χ3n) is 4.68. The summed E-state index contributed by atoms with van der Waals surface area (Å²) in [5.41, 5.74) is -1.50. The Morgan fingerprint density at radius 3 is 2.44 bits per heavy atom. The van der Waals surface area contributed by atoms with Crippen LogP contribution in [-0.2, 0) is 19.1 Å². The van der Waals surface area contributed by atoms with Gasteiger partial charge >= 0.3 is 12.1 Å². The molecule has 1 unspecified atom stereocenters. The molecule has 7 heteroatoms. The van der Waals surface area contributed by atoms with Gasteiger partial charge in [0, 0.05) is 13.1 Å². The first-order chi connectivity index (χ1) is 11.7. The fourth-order valence-electron chi connectivity index (χ4n) is 3.68. The van der Waals surface area contributed by atoms with Crippen molar-refractivity contribution in [1.29, 1.82) is 0 Å². The highest BCUT2D eigenvalue weighted by Gasteiger charge is 2.52. The highest BCUT2D eigenvalue weighted by atomic mass is 16.6. The Labute approximate surface area is 149 Å². The molecule has 2 fully saturated rings. The molecule has 2 aliphatic rings. The first kappa shape index (κ1) is 19.5. The van der Waals surface area contributed by atoms with Crippen LogP contribution in [0.2, 0.25) is 0 Å².